The molecular formula is C14H18N4O. The molecule has 0 aliphatic heterocycles. The molecule has 1 atom stereocenters. The first-order chi connectivity index (χ1) is 9.26. The van der Waals surface area contributed by atoms with Crippen molar-refractivity contribution in [1.29, 1.82) is 0 Å². The van der Waals surface area contributed by atoms with Gasteiger partial charge in [-0.05, 0) is 31.7 Å². The minimum atomic E-state index is -0.0946. The Kier molecular flexibility index (Phi) is 4.41. The highest BCUT2D eigenvalue weighted by atomic mass is 16.5. The van der Waals surface area contributed by atoms with Crippen LogP contribution < -0.4 is 10.1 Å². The average Bonchev–Trinajstić information content (AvgIpc) is 2.45. The number of nitrogens with one attached hydrogen (secondary N) is 1. The van der Waals surface area contributed by atoms with Gasteiger partial charge in [-0.1, -0.05) is 6.92 Å². The summed E-state index contributed by atoms with van der Waals surface area (Å²) in [5, 5.41) is 3.38. The van der Waals surface area contributed by atoms with E-state index in [0.29, 0.717) is 0 Å². The van der Waals surface area contributed by atoms with Crippen molar-refractivity contribution in [2.45, 2.75) is 19.9 Å². The van der Waals surface area contributed by atoms with Crippen molar-refractivity contribution in [2.75, 3.05) is 13.7 Å². The smallest absolute Gasteiger partial charge is 0.142 e. The fourth-order valence-corrected chi connectivity index (χ4v) is 1.97. The van der Waals surface area contributed by atoms with Crippen LogP contribution in [0.2, 0.25) is 0 Å². The van der Waals surface area contributed by atoms with Crippen LogP contribution in [0.15, 0.2) is 30.6 Å². The highest BCUT2D eigenvalue weighted by Crippen LogP contribution is 2.26. The Balaban J connectivity index is 2.45. The molecule has 0 fully saturated rings. The van der Waals surface area contributed by atoms with Crippen LogP contribution in [0.5, 0.6) is 5.75 Å². The predicted molar refractivity (Wildman–Crippen MR) is 73.1 cm³/mol. The van der Waals surface area contributed by atoms with Gasteiger partial charge < -0.3 is 10.1 Å². The Morgan fingerprint density at radius 1 is 1.26 bits per heavy atom. The molecule has 5 nitrogen and oxygen atoms in total. The van der Waals surface area contributed by atoms with Gasteiger partial charge in [0.25, 0.3) is 0 Å². The van der Waals surface area contributed by atoms with Gasteiger partial charge in [-0.3, -0.25) is 4.98 Å². The molecule has 0 saturated heterocycles. The number of ether oxygens (including phenoxy) is 1. The zero-order valence-electron chi connectivity index (χ0n) is 11.4. The lowest BCUT2D eigenvalue weighted by Crippen LogP contribution is -2.24. The van der Waals surface area contributed by atoms with Crippen LogP contribution in [-0.4, -0.2) is 28.6 Å². The summed E-state index contributed by atoms with van der Waals surface area (Å²) in [6.45, 7) is 4.74. The van der Waals surface area contributed by atoms with Gasteiger partial charge in [0, 0.05) is 12.4 Å². The molecule has 2 heterocycles. The zero-order valence-corrected chi connectivity index (χ0v) is 11.4. The van der Waals surface area contributed by atoms with E-state index in [1.165, 1.54) is 0 Å². The van der Waals surface area contributed by atoms with Gasteiger partial charge in [0.15, 0.2) is 0 Å². The molecule has 0 aliphatic carbocycles. The minimum Gasteiger partial charge on any atom is -0.495 e. The fraction of sp³-hybridized carbons (Fsp3) is 0.357. The number of hydrogen-bond donors (Lipinski definition) is 1. The molecule has 5 heteroatoms. The molecule has 1 N–H and O–H groups in total. The normalized spacial score (nSPS) is 12.2. The van der Waals surface area contributed by atoms with E-state index in [1.54, 1.807) is 19.5 Å². The molecular weight excluding hydrogens is 240 g/mol. The molecule has 0 bridgehead atoms. The van der Waals surface area contributed by atoms with Gasteiger partial charge in [-0.15, -0.1) is 0 Å². The van der Waals surface area contributed by atoms with E-state index in [4.69, 9.17) is 4.74 Å². The van der Waals surface area contributed by atoms with Gasteiger partial charge in [-0.25, -0.2) is 9.97 Å². The van der Waals surface area contributed by atoms with E-state index in [1.807, 2.05) is 25.1 Å². The number of rotatable bonds is 5. The molecule has 2 aromatic rings. The summed E-state index contributed by atoms with van der Waals surface area (Å²) in [6.07, 6.45) is 3.52. The van der Waals surface area contributed by atoms with Crippen molar-refractivity contribution in [3.8, 4) is 5.75 Å². The van der Waals surface area contributed by atoms with Crippen LogP contribution in [0.4, 0.5) is 0 Å². The van der Waals surface area contributed by atoms with Gasteiger partial charge >= 0.3 is 0 Å². The number of hydrogen-bond acceptors (Lipinski definition) is 5. The molecule has 0 saturated carbocycles. The average molecular weight is 258 g/mol. The Morgan fingerprint density at radius 2 is 2.11 bits per heavy atom. The molecule has 0 amide bonds. The Morgan fingerprint density at radius 3 is 2.79 bits per heavy atom. The van der Waals surface area contributed by atoms with E-state index >= 15 is 0 Å². The Labute approximate surface area is 113 Å². The third-order valence-electron chi connectivity index (χ3n) is 2.79. The van der Waals surface area contributed by atoms with E-state index in [-0.39, 0.29) is 6.04 Å². The molecule has 2 rings (SSSR count). The van der Waals surface area contributed by atoms with E-state index in [2.05, 4.69) is 27.2 Å². The van der Waals surface area contributed by atoms with Gasteiger partial charge in [0.05, 0.1) is 18.8 Å². The lowest BCUT2D eigenvalue weighted by Gasteiger charge is -2.19. The topological polar surface area (TPSA) is 59.9 Å². The fourth-order valence-electron chi connectivity index (χ4n) is 1.97. The summed E-state index contributed by atoms with van der Waals surface area (Å²) in [7, 11) is 1.65. The van der Waals surface area contributed by atoms with Crippen molar-refractivity contribution in [1.82, 2.24) is 20.3 Å². The van der Waals surface area contributed by atoms with Crippen LogP contribution in [0.25, 0.3) is 0 Å². The van der Waals surface area contributed by atoms with Gasteiger partial charge in [0.1, 0.15) is 17.3 Å². The number of methoxy groups -OCH3 is 1. The lowest BCUT2D eigenvalue weighted by molar-refractivity contribution is 0.399. The largest absolute Gasteiger partial charge is 0.495 e. The first-order valence-corrected chi connectivity index (χ1v) is 6.28. The van der Waals surface area contributed by atoms with Gasteiger partial charge in [-0.2, -0.15) is 0 Å². The second-order valence-corrected chi connectivity index (χ2v) is 4.11. The highest BCUT2D eigenvalue weighted by Gasteiger charge is 2.20. The third kappa shape index (κ3) is 3.06. The minimum absolute atomic E-state index is 0.0946. The standard InChI is InChI=1S/C14H18N4O/c1-4-15-13(11-7-9-16-10(2)18-11)14-12(19-3)6-5-8-17-14/h5-9,13,15H,4H2,1-3H3. The monoisotopic (exact) mass is 258 g/mol. The van der Waals surface area contributed by atoms with Crippen LogP contribution in [0.1, 0.15) is 30.2 Å². The highest BCUT2D eigenvalue weighted by molar-refractivity contribution is 5.34. The number of aryl methyl sites for hydroxylation is 1. The first-order valence-electron chi connectivity index (χ1n) is 6.28. The predicted octanol–water partition coefficient (Wildman–Crippen LogP) is 1.89. The molecule has 100 valence electrons. The molecule has 2 aromatic heterocycles. The summed E-state index contributed by atoms with van der Waals surface area (Å²) in [4.78, 5) is 13.0. The molecule has 0 radical (unpaired) electrons. The third-order valence-corrected chi connectivity index (χ3v) is 2.79. The second kappa shape index (κ2) is 6.24. The Bertz CT molecular complexity index is 544. The quantitative estimate of drug-likeness (QED) is 0.887. The number of nitrogens with zero attached hydrogens (tertiary/aromatic N) is 3. The molecule has 0 spiro atoms. The van der Waals surface area contributed by atoms with Crippen LogP contribution >= 0.6 is 0 Å². The van der Waals surface area contributed by atoms with E-state index in [9.17, 15) is 0 Å². The maximum Gasteiger partial charge on any atom is 0.142 e. The van der Waals surface area contributed by atoms with Crippen molar-refractivity contribution >= 4 is 0 Å². The van der Waals surface area contributed by atoms with E-state index < -0.39 is 0 Å². The summed E-state index contributed by atoms with van der Waals surface area (Å²) < 4.78 is 5.38. The lowest BCUT2D eigenvalue weighted by atomic mass is 10.1. The van der Waals surface area contributed by atoms with E-state index in [0.717, 1.165) is 29.5 Å². The zero-order chi connectivity index (χ0) is 13.7. The number of pyridine rings is 1. The summed E-state index contributed by atoms with van der Waals surface area (Å²) in [5.41, 5.74) is 1.73. The number of aromatic nitrogens is 3. The van der Waals surface area contributed by atoms with Crippen molar-refractivity contribution in [2.24, 2.45) is 0 Å². The summed E-state index contributed by atoms with van der Waals surface area (Å²) >= 11 is 0. The Hall–Kier alpha value is -2.01. The maximum absolute atomic E-state index is 5.38. The molecule has 19 heavy (non-hydrogen) atoms. The summed E-state index contributed by atoms with van der Waals surface area (Å²) in [6, 6.07) is 5.56. The second-order valence-electron chi connectivity index (χ2n) is 4.11. The van der Waals surface area contributed by atoms with Crippen molar-refractivity contribution < 1.29 is 4.74 Å². The maximum atomic E-state index is 5.38. The van der Waals surface area contributed by atoms with Crippen molar-refractivity contribution in [3.05, 3.63) is 47.8 Å². The SMILES string of the molecule is CCNC(c1ccnc(C)n1)c1ncccc1OC. The van der Waals surface area contributed by atoms with Gasteiger partial charge in [0.2, 0.25) is 0 Å². The molecule has 1 unspecified atom stereocenters. The molecule has 0 aliphatic rings. The van der Waals surface area contributed by atoms with Crippen LogP contribution in [0.3, 0.4) is 0 Å². The summed E-state index contributed by atoms with van der Waals surface area (Å²) in [5.74, 6) is 1.50. The molecule has 0 aromatic carbocycles. The van der Waals surface area contributed by atoms with Crippen LogP contribution in [-0.2, 0) is 0 Å². The van der Waals surface area contributed by atoms with Crippen LogP contribution in [0, 0.1) is 6.92 Å². The van der Waals surface area contributed by atoms with Crippen molar-refractivity contribution in [3.63, 3.8) is 0 Å². The first kappa shape index (κ1) is 13.4.